The van der Waals surface area contributed by atoms with Crippen LogP contribution in [-0.2, 0) is 13.2 Å². The molecule has 0 N–H and O–H groups in total. The molecule has 1 fully saturated rings. The lowest BCUT2D eigenvalue weighted by molar-refractivity contribution is -0.141. The van der Waals surface area contributed by atoms with E-state index in [4.69, 9.17) is 0 Å². The number of hydrogen-bond donors (Lipinski definition) is 0. The number of pyridine rings is 2. The van der Waals surface area contributed by atoms with E-state index in [1.807, 2.05) is 6.92 Å². The van der Waals surface area contributed by atoms with Crippen LogP contribution >= 0.6 is 0 Å². The summed E-state index contributed by atoms with van der Waals surface area (Å²) in [6.07, 6.45) is -0.893. The summed E-state index contributed by atoms with van der Waals surface area (Å²) in [5, 5.41) is 9.40. The Balaban J connectivity index is 1.73. The summed E-state index contributed by atoms with van der Waals surface area (Å²) in [6, 6.07) is 7.85. The van der Waals surface area contributed by atoms with Crippen LogP contribution in [0.2, 0.25) is 0 Å². The van der Waals surface area contributed by atoms with Gasteiger partial charge in [-0.05, 0) is 43.0 Å². The summed E-state index contributed by atoms with van der Waals surface area (Å²) in [6.45, 7) is 7.34. The lowest BCUT2D eigenvalue weighted by Gasteiger charge is -2.49. The second-order valence-corrected chi connectivity index (χ2v) is 9.32. The van der Waals surface area contributed by atoms with Gasteiger partial charge in [-0.25, -0.2) is 9.78 Å². The summed E-state index contributed by atoms with van der Waals surface area (Å²) in [5.74, 6) is 0.462. The summed E-state index contributed by atoms with van der Waals surface area (Å²) in [7, 11) is 1.63. The first-order valence-corrected chi connectivity index (χ1v) is 12.5. The van der Waals surface area contributed by atoms with E-state index < -0.39 is 17.6 Å². The number of hydrogen-bond acceptors (Lipinski definition) is 7. The molecule has 4 rings (SSSR count). The minimum absolute atomic E-state index is 0.0189. The number of alkyl halides is 3. The SMILES string of the molecule is CCC1CN(c2nc(=O)n(C)c3ccc(C#N)nc23)[C@@H](CC)CN1C(CC)c1ccc(C(F)(F)F)nc1. The molecule has 0 aromatic carbocycles. The quantitative estimate of drug-likeness (QED) is 0.481. The molecule has 0 saturated carbocycles. The molecule has 4 heterocycles. The molecule has 1 aliphatic heterocycles. The van der Waals surface area contributed by atoms with Crippen molar-refractivity contribution in [1.29, 1.82) is 5.26 Å². The minimum atomic E-state index is -4.48. The van der Waals surface area contributed by atoms with Gasteiger partial charge in [0.2, 0.25) is 0 Å². The van der Waals surface area contributed by atoms with Crippen LogP contribution in [0.4, 0.5) is 19.0 Å². The molecule has 0 aliphatic carbocycles. The van der Waals surface area contributed by atoms with E-state index in [1.165, 1.54) is 16.8 Å². The van der Waals surface area contributed by atoms with Gasteiger partial charge in [0, 0.05) is 44.5 Å². The number of piperazine rings is 1. The zero-order chi connectivity index (χ0) is 26.9. The van der Waals surface area contributed by atoms with E-state index in [0.717, 1.165) is 24.5 Å². The molecular formula is C26H30F3N7O. The van der Waals surface area contributed by atoms with Crippen molar-refractivity contribution in [1.82, 2.24) is 24.4 Å². The van der Waals surface area contributed by atoms with Gasteiger partial charge in [0.05, 0.1) is 5.52 Å². The fourth-order valence-corrected chi connectivity index (χ4v) is 5.23. The molecule has 3 aromatic rings. The molecule has 2 unspecified atom stereocenters. The fraction of sp³-hybridized carbons (Fsp3) is 0.500. The number of halogens is 3. The van der Waals surface area contributed by atoms with Crippen molar-refractivity contribution >= 4 is 16.9 Å². The van der Waals surface area contributed by atoms with Gasteiger partial charge in [-0.3, -0.25) is 14.5 Å². The van der Waals surface area contributed by atoms with Crippen LogP contribution in [0, 0.1) is 11.3 Å². The summed E-state index contributed by atoms with van der Waals surface area (Å²) in [4.78, 5) is 29.7. The number of aryl methyl sites for hydroxylation is 1. The van der Waals surface area contributed by atoms with Crippen LogP contribution in [-0.4, -0.2) is 49.6 Å². The van der Waals surface area contributed by atoms with Crippen LogP contribution < -0.4 is 10.6 Å². The fourth-order valence-electron chi connectivity index (χ4n) is 5.23. The summed E-state index contributed by atoms with van der Waals surface area (Å²) in [5.41, 5.74) is 0.788. The lowest BCUT2D eigenvalue weighted by Crippen LogP contribution is -2.59. The predicted molar refractivity (Wildman–Crippen MR) is 134 cm³/mol. The van der Waals surface area contributed by atoms with Gasteiger partial charge < -0.3 is 4.90 Å². The molecule has 0 spiro atoms. The third kappa shape index (κ3) is 5.03. The molecule has 0 amide bonds. The van der Waals surface area contributed by atoms with Gasteiger partial charge in [-0.15, -0.1) is 0 Å². The van der Waals surface area contributed by atoms with Crippen LogP contribution in [0.3, 0.4) is 0 Å². The topological polar surface area (TPSA) is 90.9 Å². The maximum atomic E-state index is 13.1. The van der Waals surface area contributed by atoms with Gasteiger partial charge >= 0.3 is 11.9 Å². The van der Waals surface area contributed by atoms with Gasteiger partial charge in [0.1, 0.15) is 23.0 Å². The van der Waals surface area contributed by atoms with Crippen molar-refractivity contribution < 1.29 is 13.2 Å². The van der Waals surface area contributed by atoms with E-state index in [-0.39, 0.29) is 23.8 Å². The maximum Gasteiger partial charge on any atom is 0.433 e. The Hall–Kier alpha value is -3.52. The predicted octanol–water partition coefficient (Wildman–Crippen LogP) is 4.44. The number of anilines is 1. The zero-order valence-electron chi connectivity index (χ0n) is 21.3. The monoisotopic (exact) mass is 513 g/mol. The van der Waals surface area contributed by atoms with E-state index >= 15 is 0 Å². The first-order chi connectivity index (χ1) is 17.6. The number of aromatic nitrogens is 4. The molecule has 1 aliphatic rings. The lowest BCUT2D eigenvalue weighted by atomic mass is 9.95. The van der Waals surface area contributed by atoms with E-state index in [0.29, 0.717) is 36.4 Å². The largest absolute Gasteiger partial charge is 0.433 e. The van der Waals surface area contributed by atoms with E-state index in [9.17, 15) is 23.2 Å². The van der Waals surface area contributed by atoms with Crippen LogP contribution in [0.25, 0.3) is 11.0 Å². The standard InChI is InChI=1S/C26H30F3N7O/c1-5-18-15-36(24-23-21(34(4)25(37)33-24)10-9-17(12-30)32-23)19(6-2)14-35(18)20(7-3)16-8-11-22(31-13-16)26(27,28)29/h8-11,13,18-20H,5-7,14-15H2,1-4H3/t18?,19-,20?/m0/s1. The molecule has 37 heavy (non-hydrogen) atoms. The van der Waals surface area contributed by atoms with E-state index in [2.05, 4.69) is 44.7 Å². The molecule has 3 aromatic heterocycles. The van der Waals surface area contributed by atoms with Crippen molar-refractivity contribution in [2.24, 2.45) is 7.05 Å². The second kappa shape index (κ2) is 10.5. The third-order valence-electron chi connectivity index (χ3n) is 7.25. The molecule has 1 saturated heterocycles. The molecule has 11 heteroatoms. The smallest absolute Gasteiger partial charge is 0.349 e. The second-order valence-electron chi connectivity index (χ2n) is 9.32. The maximum absolute atomic E-state index is 13.1. The first kappa shape index (κ1) is 26.5. The normalized spacial score (nSPS) is 19.7. The zero-order valence-corrected chi connectivity index (χ0v) is 21.3. The Labute approximate surface area is 213 Å². The average molecular weight is 514 g/mol. The molecule has 8 nitrogen and oxygen atoms in total. The molecule has 196 valence electrons. The third-order valence-corrected chi connectivity index (χ3v) is 7.25. The Morgan fingerprint density at radius 3 is 2.38 bits per heavy atom. The average Bonchev–Trinajstić information content (AvgIpc) is 2.90. The summed E-state index contributed by atoms with van der Waals surface area (Å²) >= 11 is 0. The minimum Gasteiger partial charge on any atom is -0.349 e. The van der Waals surface area contributed by atoms with Gasteiger partial charge in [0.15, 0.2) is 5.82 Å². The van der Waals surface area contributed by atoms with Crippen LogP contribution in [0.5, 0.6) is 0 Å². The molecule has 3 atom stereocenters. The van der Waals surface area contributed by atoms with Crippen molar-refractivity contribution in [3.63, 3.8) is 0 Å². The Bertz CT molecular complexity index is 1360. The number of fused-ring (bicyclic) bond motifs is 1. The highest BCUT2D eigenvalue weighted by molar-refractivity contribution is 5.86. The van der Waals surface area contributed by atoms with Gasteiger partial charge in [0.25, 0.3) is 0 Å². The van der Waals surface area contributed by atoms with Crippen molar-refractivity contribution in [3.8, 4) is 6.07 Å². The highest BCUT2D eigenvalue weighted by Crippen LogP contribution is 2.35. The Kier molecular flexibility index (Phi) is 7.50. The van der Waals surface area contributed by atoms with Crippen molar-refractivity contribution in [2.75, 3.05) is 18.0 Å². The summed E-state index contributed by atoms with van der Waals surface area (Å²) < 4.78 is 40.6. The number of rotatable bonds is 6. The van der Waals surface area contributed by atoms with Crippen molar-refractivity contribution in [3.05, 3.63) is 57.9 Å². The Morgan fingerprint density at radius 2 is 1.81 bits per heavy atom. The molecular weight excluding hydrogens is 483 g/mol. The van der Waals surface area contributed by atoms with Gasteiger partial charge in [-0.2, -0.15) is 23.4 Å². The highest BCUT2D eigenvalue weighted by atomic mass is 19.4. The molecule has 0 radical (unpaired) electrons. The van der Waals surface area contributed by atoms with Crippen molar-refractivity contribution in [2.45, 2.75) is 64.3 Å². The van der Waals surface area contributed by atoms with E-state index in [1.54, 1.807) is 19.2 Å². The highest BCUT2D eigenvalue weighted by Gasteiger charge is 2.38. The number of nitrogens with zero attached hydrogens (tertiary/aromatic N) is 7. The Morgan fingerprint density at radius 1 is 1.08 bits per heavy atom. The molecule has 0 bridgehead atoms. The van der Waals surface area contributed by atoms with Crippen LogP contribution in [0.15, 0.2) is 35.3 Å². The first-order valence-electron chi connectivity index (χ1n) is 12.5. The van der Waals surface area contributed by atoms with Crippen LogP contribution in [0.1, 0.15) is 63.0 Å². The number of nitriles is 1. The van der Waals surface area contributed by atoms with Gasteiger partial charge in [-0.1, -0.05) is 26.8 Å².